The first-order valence-electron chi connectivity index (χ1n) is 12.1. The number of aliphatic carboxylic acids is 1. The third-order valence-corrected chi connectivity index (χ3v) is 7.98. The summed E-state index contributed by atoms with van der Waals surface area (Å²) in [6.45, 7) is 7.42. The zero-order valence-corrected chi connectivity index (χ0v) is 23.6. The van der Waals surface area contributed by atoms with Gasteiger partial charge in [-0.15, -0.1) is 11.3 Å². The molecule has 0 bridgehead atoms. The number of hydrogen-bond donors (Lipinski definition) is 1. The number of ether oxygens (including phenoxy) is 1. The lowest BCUT2D eigenvalue weighted by molar-refractivity contribution is -0.160. The van der Waals surface area contributed by atoms with E-state index in [-0.39, 0.29) is 5.56 Å². The Balaban J connectivity index is 1.79. The van der Waals surface area contributed by atoms with E-state index in [0.717, 1.165) is 43.0 Å². The molecule has 0 amide bonds. The van der Waals surface area contributed by atoms with Gasteiger partial charge in [0.1, 0.15) is 5.01 Å². The van der Waals surface area contributed by atoms with Gasteiger partial charge in [-0.3, -0.25) is 14.2 Å². The van der Waals surface area contributed by atoms with E-state index in [9.17, 15) is 14.7 Å². The van der Waals surface area contributed by atoms with Gasteiger partial charge in [0.2, 0.25) is 0 Å². The molecule has 2 heterocycles. The first-order chi connectivity index (χ1) is 17.9. The number of hydrogen-bond acceptors (Lipinski definition) is 5. The zero-order valence-electron chi connectivity index (χ0n) is 22.0. The van der Waals surface area contributed by atoms with E-state index in [1.54, 1.807) is 23.9 Å². The molecule has 9 heteroatoms. The van der Waals surface area contributed by atoms with Gasteiger partial charge in [0.15, 0.2) is 6.10 Å². The van der Waals surface area contributed by atoms with Gasteiger partial charge in [0, 0.05) is 35.8 Å². The van der Waals surface area contributed by atoms with Crippen molar-refractivity contribution in [1.82, 2.24) is 14.3 Å². The minimum atomic E-state index is -1.18. The highest BCUT2D eigenvalue weighted by Gasteiger charge is 2.32. The van der Waals surface area contributed by atoms with Crippen molar-refractivity contribution in [2.24, 2.45) is 14.1 Å². The van der Waals surface area contributed by atoms with Crippen LogP contribution in [0.15, 0.2) is 53.3 Å². The van der Waals surface area contributed by atoms with Gasteiger partial charge in [-0.25, -0.2) is 9.78 Å². The number of fused-ring (bicyclic) bond motifs is 2. The zero-order chi connectivity index (χ0) is 27.5. The molecule has 0 fully saturated rings. The van der Waals surface area contributed by atoms with Crippen LogP contribution in [0.3, 0.4) is 0 Å². The second kappa shape index (κ2) is 9.38. The first-order valence-corrected chi connectivity index (χ1v) is 13.3. The van der Waals surface area contributed by atoms with Crippen molar-refractivity contribution in [2.75, 3.05) is 0 Å². The number of benzene rings is 3. The monoisotopic (exact) mass is 549 g/mol. The van der Waals surface area contributed by atoms with Gasteiger partial charge in [-0.05, 0) is 69.2 Å². The van der Waals surface area contributed by atoms with Crippen LogP contribution in [0, 0.1) is 6.92 Å². The molecule has 0 radical (unpaired) electrons. The summed E-state index contributed by atoms with van der Waals surface area (Å²) in [6.07, 6.45) is -1.18. The fraction of sp³-hybridized carbons (Fsp3) is 0.276. The number of aryl methyl sites for hydroxylation is 2. The van der Waals surface area contributed by atoms with Gasteiger partial charge >= 0.3 is 5.97 Å². The molecule has 0 aliphatic heterocycles. The lowest BCUT2D eigenvalue weighted by atomic mass is 9.91. The van der Waals surface area contributed by atoms with Crippen LogP contribution in [0.4, 0.5) is 0 Å². The number of carbonyl (C=O) groups is 1. The molecule has 0 aliphatic rings. The summed E-state index contributed by atoms with van der Waals surface area (Å²) in [5.41, 5.74) is 4.69. The molecule has 5 aromatic rings. The summed E-state index contributed by atoms with van der Waals surface area (Å²) < 4.78 is 10.3. The van der Waals surface area contributed by atoms with E-state index in [1.807, 2.05) is 75.8 Å². The van der Waals surface area contributed by atoms with Gasteiger partial charge in [-0.2, -0.15) is 0 Å². The van der Waals surface area contributed by atoms with Crippen LogP contribution >= 0.6 is 22.9 Å². The molecule has 0 saturated carbocycles. The predicted molar refractivity (Wildman–Crippen MR) is 153 cm³/mol. The van der Waals surface area contributed by atoms with E-state index >= 15 is 0 Å². The molecule has 7 nitrogen and oxygen atoms in total. The topological polar surface area (TPSA) is 86.4 Å². The molecule has 5 rings (SSSR count). The lowest BCUT2D eigenvalue weighted by Crippen LogP contribution is -2.28. The fourth-order valence-corrected chi connectivity index (χ4v) is 5.99. The number of nitrogens with zero attached hydrogens (tertiary/aromatic N) is 3. The molecule has 1 atom stereocenters. The third-order valence-electron chi connectivity index (χ3n) is 6.59. The summed E-state index contributed by atoms with van der Waals surface area (Å²) in [7, 11) is 3.59. The van der Waals surface area contributed by atoms with Gasteiger partial charge < -0.3 is 9.84 Å². The van der Waals surface area contributed by atoms with Crippen LogP contribution in [0.5, 0.6) is 0 Å². The van der Waals surface area contributed by atoms with Crippen molar-refractivity contribution < 1.29 is 14.6 Å². The van der Waals surface area contributed by atoms with Crippen molar-refractivity contribution in [3.05, 3.63) is 75.0 Å². The maximum atomic E-state index is 12.5. The van der Waals surface area contributed by atoms with Gasteiger partial charge in [0.05, 0.1) is 26.7 Å². The average Bonchev–Trinajstić information content (AvgIpc) is 3.36. The second-order valence-corrected chi connectivity index (χ2v) is 11.8. The molecule has 0 unspecified atom stereocenters. The Bertz CT molecular complexity index is 1770. The SMILES string of the molecule is Cc1cc2nc(-c3ccc4c(=O)n(C)n(C)c4c3)sc2c(-c2ccc(Cl)cc2)c1[C@H](OC(C)(C)C)C(=O)O. The summed E-state index contributed by atoms with van der Waals surface area (Å²) in [4.78, 5) is 30.0. The van der Waals surface area contributed by atoms with Gasteiger partial charge in [-0.1, -0.05) is 29.8 Å². The molecule has 38 heavy (non-hydrogen) atoms. The van der Waals surface area contributed by atoms with Crippen molar-refractivity contribution in [1.29, 1.82) is 0 Å². The van der Waals surface area contributed by atoms with E-state index in [4.69, 9.17) is 21.3 Å². The lowest BCUT2D eigenvalue weighted by Gasteiger charge is -2.28. The number of carboxylic acid groups (broad SMARTS) is 1. The molecule has 1 N–H and O–H groups in total. The normalized spacial score (nSPS) is 12.9. The smallest absolute Gasteiger partial charge is 0.337 e. The molecule has 0 saturated heterocycles. The van der Waals surface area contributed by atoms with Crippen LogP contribution in [-0.4, -0.2) is 31.0 Å². The second-order valence-electron chi connectivity index (χ2n) is 10.4. The first kappa shape index (κ1) is 26.2. The number of aromatic nitrogens is 3. The van der Waals surface area contributed by atoms with Crippen LogP contribution < -0.4 is 5.56 Å². The van der Waals surface area contributed by atoms with E-state index in [0.29, 0.717) is 16.0 Å². The number of thiazole rings is 1. The maximum absolute atomic E-state index is 12.5. The molecule has 0 aliphatic carbocycles. The van der Waals surface area contributed by atoms with Crippen molar-refractivity contribution in [3.8, 4) is 21.7 Å². The Morgan fingerprint density at radius 3 is 2.34 bits per heavy atom. The largest absolute Gasteiger partial charge is 0.479 e. The Kier molecular flexibility index (Phi) is 6.46. The summed E-state index contributed by atoms with van der Waals surface area (Å²) in [5.74, 6) is -1.06. The quantitative estimate of drug-likeness (QED) is 0.263. The minimum Gasteiger partial charge on any atom is -0.479 e. The number of halogens is 1. The van der Waals surface area contributed by atoms with Crippen molar-refractivity contribution in [2.45, 2.75) is 39.4 Å². The van der Waals surface area contributed by atoms with Crippen LogP contribution in [0.1, 0.15) is 38.0 Å². The highest BCUT2D eigenvalue weighted by atomic mass is 35.5. The van der Waals surface area contributed by atoms with Crippen molar-refractivity contribution >= 4 is 50.0 Å². The van der Waals surface area contributed by atoms with Crippen molar-refractivity contribution in [3.63, 3.8) is 0 Å². The average molecular weight is 550 g/mol. The molecule has 0 spiro atoms. The Hall–Kier alpha value is -3.46. The highest BCUT2D eigenvalue weighted by molar-refractivity contribution is 7.22. The fourth-order valence-electron chi connectivity index (χ4n) is 4.75. The summed E-state index contributed by atoms with van der Waals surface area (Å²) in [6, 6.07) is 15.0. The Morgan fingerprint density at radius 1 is 1.05 bits per heavy atom. The molecule has 3 aromatic carbocycles. The number of carboxylic acids is 1. The Morgan fingerprint density at radius 2 is 1.71 bits per heavy atom. The van der Waals surface area contributed by atoms with E-state index < -0.39 is 17.7 Å². The van der Waals surface area contributed by atoms with Crippen LogP contribution in [-0.2, 0) is 23.6 Å². The standard InChI is InChI=1S/C29H28ClN3O4S/c1-15-13-20-25(38-26(31-20)17-9-12-19-21(14-17)32(5)33(6)27(19)34)23(16-7-10-18(30)11-8-16)22(15)24(28(35)36)37-29(2,3)4/h7-14,24H,1-6H3,(H,35,36)/t24-/m0/s1. The summed E-state index contributed by atoms with van der Waals surface area (Å²) >= 11 is 7.68. The highest BCUT2D eigenvalue weighted by Crippen LogP contribution is 2.44. The van der Waals surface area contributed by atoms with Gasteiger partial charge in [0.25, 0.3) is 5.56 Å². The molecule has 2 aromatic heterocycles. The van der Waals surface area contributed by atoms with Crippen LogP contribution in [0.2, 0.25) is 5.02 Å². The molecular weight excluding hydrogens is 522 g/mol. The van der Waals surface area contributed by atoms with E-state index in [1.165, 1.54) is 11.3 Å². The van der Waals surface area contributed by atoms with Crippen LogP contribution in [0.25, 0.3) is 42.8 Å². The summed E-state index contributed by atoms with van der Waals surface area (Å²) in [5, 5.41) is 12.3. The molecule has 196 valence electrons. The van der Waals surface area contributed by atoms with E-state index in [2.05, 4.69) is 0 Å². The predicted octanol–water partition coefficient (Wildman–Crippen LogP) is 6.72. The maximum Gasteiger partial charge on any atom is 0.337 e. The molecular formula is C29H28ClN3O4S. The third kappa shape index (κ3) is 4.53. The Labute approximate surface area is 228 Å². The minimum absolute atomic E-state index is 0.0535. The number of rotatable bonds is 5.